The second-order valence-corrected chi connectivity index (χ2v) is 4.56. The van der Waals surface area contributed by atoms with Gasteiger partial charge in [0.15, 0.2) is 0 Å². The fourth-order valence-corrected chi connectivity index (χ4v) is 2.19. The molecule has 0 aliphatic carbocycles. The maximum absolute atomic E-state index is 5.80. The average Bonchev–Trinajstić information content (AvgIpc) is 2.72. The van der Waals surface area contributed by atoms with Crippen LogP contribution in [-0.4, -0.2) is 14.8 Å². The quantitative estimate of drug-likeness (QED) is 0.701. The van der Waals surface area contributed by atoms with Crippen molar-refractivity contribution in [3.63, 3.8) is 0 Å². The zero-order valence-corrected chi connectivity index (χ0v) is 10.4. The highest BCUT2D eigenvalue weighted by molar-refractivity contribution is 9.10. The second-order valence-electron chi connectivity index (χ2n) is 3.70. The first-order valence-corrected chi connectivity index (χ1v) is 5.88. The number of hydrogen-bond donors (Lipinski definition) is 1. The Hall–Kier alpha value is -1.88. The summed E-state index contributed by atoms with van der Waals surface area (Å²) in [6.07, 6.45) is 5.30. The molecular formula is C12H9BrN4. The van der Waals surface area contributed by atoms with Crippen LogP contribution in [0.1, 0.15) is 0 Å². The first-order valence-electron chi connectivity index (χ1n) is 5.09. The van der Waals surface area contributed by atoms with Crippen LogP contribution in [0.5, 0.6) is 0 Å². The highest BCUT2D eigenvalue weighted by Crippen LogP contribution is 2.24. The zero-order valence-electron chi connectivity index (χ0n) is 8.84. The van der Waals surface area contributed by atoms with Gasteiger partial charge >= 0.3 is 0 Å². The van der Waals surface area contributed by atoms with Crippen LogP contribution in [-0.2, 0) is 0 Å². The van der Waals surface area contributed by atoms with E-state index in [9.17, 15) is 0 Å². The van der Waals surface area contributed by atoms with E-state index in [0.29, 0.717) is 0 Å². The Bertz CT molecular complexity index is 690. The Morgan fingerprint density at radius 2 is 2.06 bits per heavy atom. The molecule has 2 heterocycles. The molecule has 0 spiro atoms. The molecule has 3 rings (SSSR count). The minimum Gasteiger partial charge on any atom is -0.399 e. The molecule has 0 saturated carbocycles. The van der Waals surface area contributed by atoms with Crippen molar-refractivity contribution in [1.29, 1.82) is 0 Å². The molecule has 5 heteroatoms. The van der Waals surface area contributed by atoms with Gasteiger partial charge in [0.05, 0.1) is 21.9 Å². The van der Waals surface area contributed by atoms with Crippen LogP contribution in [0.25, 0.3) is 16.6 Å². The lowest BCUT2D eigenvalue weighted by Crippen LogP contribution is -1.97. The van der Waals surface area contributed by atoms with E-state index in [1.54, 1.807) is 12.4 Å². The SMILES string of the molecule is Nc1ccc2cnn(-c3ccncc3Br)c2c1. The van der Waals surface area contributed by atoms with Crippen molar-refractivity contribution in [3.8, 4) is 5.69 Å². The summed E-state index contributed by atoms with van der Waals surface area (Å²) in [6, 6.07) is 7.65. The molecule has 0 bridgehead atoms. The summed E-state index contributed by atoms with van der Waals surface area (Å²) < 4.78 is 2.74. The number of benzene rings is 1. The number of fused-ring (bicyclic) bond motifs is 1. The number of nitrogens with two attached hydrogens (primary N) is 1. The Kier molecular flexibility index (Phi) is 2.33. The molecule has 3 aromatic rings. The number of nitrogens with zero attached hydrogens (tertiary/aromatic N) is 3. The smallest absolute Gasteiger partial charge is 0.0825 e. The van der Waals surface area contributed by atoms with Crippen LogP contribution >= 0.6 is 15.9 Å². The second kappa shape index (κ2) is 3.85. The van der Waals surface area contributed by atoms with Crippen molar-refractivity contribution >= 4 is 32.5 Å². The molecule has 4 nitrogen and oxygen atoms in total. The van der Waals surface area contributed by atoms with Gasteiger partial charge in [-0.3, -0.25) is 4.98 Å². The summed E-state index contributed by atoms with van der Waals surface area (Å²) in [6.45, 7) is 0. The molecule has 0 fully saturated rings. The van der Waals surface area contributed by atoms with Crippen molar-refractivity contribution in [2.75, 3.05) is 5.73 Å². The van der Waals surface area contributed by atoms with Crippen molar-refractivity contribution in [2.45, 2.75) is 0 Å². The minimum atomic E-state index is 0.726. The highest BCUT2D eigenvalue weighted by Gasteiger charge is 2.07. The van der Waals surface area contributed by atoms with Gasteiger partial charge < -0.3 is 5.73 Å². The van der Waals surface area contributed by atoms with E-state index >= 15 is 0 Å². The summed E-state index contributed by atoms with van der Waals surface area (Å²) >= 11 is 3.47. The number of aromatic nitrogens is 3. The molecule has 0 saturated heterocycles. The summed E-state index contributed by atoms with van der Waals surface area (Å²) in [7, 11) is 0. The normalized spacial score (nSPS) is 10.9. The number of hydrogen-bond acceptors (Lipinski definition) is 3. The van der Waals surface area contributed by atoms with Crippen LogP contribution in [0.2, 0.25) is 0 Å². The average molecular weight is 289 g/mol. The maximum atomic E-state index is 5.80. The molecule has 0 radical (unpaired) electrons. The molecule has 0 aliphatic rings. The number of pyridine rings is 1. The van der Waals surface area contributed by atoms with Crippen LogP contribution in [0.15, 0.2) is 47.3 Å². The monoisotopic (exact) mass is 288 g/mol. The van der Waals surface area contributed by atoms with Gasteiger partial charge in [-0.1, -0.05) is 0 Å². The van der Waals surface area contributed by atoms with Crippen molar-refractivity contribution in [3.05, 3.63) is 47.3 Å². The maximum Gasteiger partial charge on any atom is 0.0825 e. The molecular weight excluding hydrogens is 280 g/mol. The number of nitrogen functional groups attached to an aromatic ring is 1. The van der Waals surface area contributed by atoms with Gasteiger partial charge in [0.25, 0.3) is 0 Å². The predicted molar refractivity (Wildman–Crippen MR) is 71.0 cm³/mol. The van der Waals surface area contributed by atoms with Gasteiger partial charge in [-0.15, -0.1) is 0 Å². The Morgan fingerprint density at radius 1 is 1.18 bits per heavy atom. The molecule has 17 heavy (non-hydrogen) atoms. The third-order valence-corrected chi connectivity index (χ3v) is 3.19. The Labute approximate surface area is 106 Å². The Balaban J connectivity index is 2.31. The van der Waals surface area contributed by atoms with E-state index in [1.807, 2.05) is 35.1 Å². The summed E-state index contributed by atoms with van der Waals surface area (Å²) in [5, 5.41) is 5.43. The molecule has 1 aromatic carbocycles. The third-order valence-electron chi connectivity index (χ3n) is 2.57. The lowest BCUT2D eigenvalue weighted by molar-refractivity contribution is 0.902. The number of halogens is 1. The summed E-state index contributed by atoms with van der Waals surface area (Å²) in [5.41, 5.74) is 8.46. The van der Waals surface area contributed by atoms with Gasteiger partial charge in [0.1, 0.15) is 0 Å². The van der Waals surface area contributed by atoms with Crippen molar-refractivity contribution in [1.82, 2.24) is 14.8 Å². The van der Waals surface area contributed by atoms with E-state index in [2.05, 4.69) is 26.0 Å². The largest absolute Gasteiger partial charge is 0.399 e. The standard InChI is InChI=1S/C12H9BrN4/c13-10-7-15-4-3-11(10)17-12-5-9(14)2-1-8(12)6-16-17/h1-7H,14H2. The summed E-state index contributed by atoms with van der Waals surface area (Å²) in [5.74, 6) is 0. The zero-order chi connectivity index (χ0) is 11.8. The highest BCUT2D eigenvalue weighted by atomic mass is 79.9. The molecule has 0 atom stereocenters. The van der Waals surface area contributed by atoms with Crippen molar-refractivity contribution < 1.29 is 0 Å². The van der Waals surface area contributed by atoms with Gasteiger partial charge in [0, 0.05) is 23.5 Å². The van der Waals surface area contributed by atoms with E-state index in [1.165, 1.54) is 0 Å². The molecule has 2 aromatic heterocycles. The van der Waals surface area contributed by atoms with Crippen molar-refractivity contribution in [2.24, 2.45) is 0 Å². The first-order chi connectivity index (χ1) is 8.25. The number of anilines is 1. The van der Waals surface area contributed by atoms with Crippen LogP contribution in [0.4, 0.5) is 5.69 Å². The first kappa shape index (κ1) is 10.3. The molecule has 0 unspecified atom stereocenters. The summed E-state index contributed by atoms with van der Waals surface area (Å²) in [4.78, 5) is 4.04. The van der Waals surface area contributed by atoms with Gasteiger partial charge in [-0.2, -0.15) is 5.10 Å². The minimum absolute atomic E-state index is 0.726. The predicted octanol–water partition coefficient (Wildman–Crippen LogP) is 2.77. The van der Waals surface area contributed by atoms with Gasteiger partial charge in [0.2, 0.25) is 0 Å². The molecule has 2 N–H and O–H groups in total. The van der Waals surface area contributed by atoms with E-state index in [0.717, 1.165) is 26.8 Å². The van der Waals surface area contributed by atoms with Crippen LogP contribution < -0.4 is 5.73 Å². The van der Waals surface area contributed by atoms with E-state index in [4.69, 9.17) is 5.73 Å². The van der Waals surface area contributed by atoms with E-state index in [-0.39, 0.29) is 0 Å². The van der Waals surface area contributed by atoms with E-state index < -0.39 is 0 Å². The third kappa shape index (κ3) is 1.68. The van der Waals surface area contributed by atoms with Gasteiger partial charge in [-0.05, 0) is 40.2 Å². The lowest BCUT2D eigenvalue weighted by atomic mass is 10.2. The lowest BCUT2D eigenvalue weighted by Gasteiger charge is -2.05. The molecule has 84 valence electrons. The fraction of sp³-hybridized carbons (Fsp3) is 0. The number of rotatable bonds is 1. The van der Waals surface area contributed by atoms with Crippen LogP contribution in [0, 0.1) is 0 Å². The fourth-order valence-electron chi connectivity index (χ4n) is 1.77. The topological polar surface area (TPSA) is 56.7 Å². The molecule has 0 amide bonds. The molecule has 0 aliphatic heterocycles. The van der Waals surface area contributed by atoms with Gasteiger partial charge in [-0.25, -0.2) is 4.68 Å². The van der Waals surface area contributed by atoms with Crippen LogP contribution in [0.3, 0.4) is 0 Å². The Morgan fingerprint density at radius 3 is 2.88 bits per heavy atom.